The van der Waals surface area contributed by atoms with Crippen LogP contribution in [0.25, 0.3) is 22.4 Å². The number of rotatable bonds is 4. The van der Waals surface area contributed by atoms with Gasteiger partial charge in [0.2, 0.25) is 0 Å². The van der Waals surface area contributed by atoms with E-state index < -0.39 is 5.91 Å². The van der Waals surface area contributed by atoms with Gasteiger partial charge < -0.3 is 4.42 Å². The predicted molar refractivity (Wildman–Crippen MR) is 96.5 cm³/mol. The third kappa shape index (κ3) is 3.32. The van der Waals surface area contributed by atoms with Crippen molar-refractivity contribution in [2.24, 2.45) is 5.10 Å². The van der Waals surface area contributed by atoms with E-state index in [2.05, 4.69) is 25.5 Å². The van der Waals surface area contributed by atoms with Gasteiger partial charge in [-0.3, -0.25) is 9.78 Å². The fraction of sp³-hybridized carbons (Fsp3) is 0. The van der Waals surface area contributed by atoms with Gasteiger partial charge in [0.25, 0.3) is 5.89 Å². The van der Waals surface area contributed by atoms with E-state index in [0.717, 1.165) is 16.6 Å². The van der Waals surface area contributed by atoms with Crippen LogP contribution in [-0.4, -0.2) is 27.1 Å². The number of fused-ring (bicyclic) bond motifs is 1. The molecule has 0 atom stereocenters. The molecule has 1 N–H and O–H groups in total. The molecule has 0 saturated carbocycles. The van der Waals surface area contributed by atoms with Gasteiger partial charge in [0.1, 0.15) is 5.69 Å². The van der Waals surface area contributed by atoms with Crippen molar-refractivity contribution < 1.29 is 9.21 Å². The Hall–Kier alpha value is -3.87. The molecule has 2 aromatic carbocycles. The first kappa shape index (κ1) is 15.6. The SMILES string of the molecule is O=C(NN=Cc1cnc2ccccc2n1)c1ncc(-c2ccccc2)o1. The number of para-hydroxylation sites is 2. The Balaban J connectivity index is 1.44. The maximum atomic E-state index is 12.1. The fourth-order valence-electron chi connectivity index (χ4n) is 2.35. The molecule has 0 aliphatic carbocycles. The number of carbonyl (C=O) groups excluding carboxylic acids is 1. The van der Waals surface area contributed by atoms with E-state index in [1.807, 2.05) is 54.6 Å². The topological polar surface area (TPSA) is 93.3 Å². The lowest BCUT2D eigenvalue weighted by molar-refractivity contribution is 0.0921. The van der Waals surface area contributed by atoms with E-state index in [1.165, 1.54) is 12.4 Å². The molecule has 0 aliphatic heterocycles. The molecule has 0 unspecified atom stereocenters. The predicted octanol–water partition coefficient (Wildman–Crippen LogP) is 3.05. The first-order valence-electron chi connectivity index (χ1n) is 7.86. The number of hydrazone groups is 1. The van der Waals surface area contributed by atoms with E-state index in [4.69, 9.17) is 4.42 Å². The minimum atomic E-state index is -0.544. The van der Waals surface area contributed by atoms with Crippen LogP contribution < -0.4 is 5.43 Å². The maximum Gasteiger partial charge on any atom is 0.327 e. The second-order valence-corrected chi connectivity index (χ2v) is 5.38. The molecule has 2 aromatic heterocycles. The summed E-state index contributed by atoms with van der Waals surface area (Å²) in [4.78, 5) is 24.7. The molecule has 4 rings (SSSR count). The Kier molecular flexibility index (Phi) is 4.17. The van der Waals surface area contributed by atoms with Gasteiger partial charge in [-0.15, -0.1) is 0 Å². The Labute approximate surface area is 148 Å². The first-order valence-corrected chi connectivity index (χ1v) is 7.86. The molecule has 2 heterocycles. The monoisotopic (exact) mass is 343 g/mol. The molecular weight excluding hydrogens is 330 g/mol. The normalized spacial score (nSPS) is 11.1. The zero-order valence-corrected chi connectivity index (χ0v) is 13.5. The number of nitrogens with zero attached hydrogens (tertiary/aromatic N) is 4. The zero-order valence-electron chi connectivity index (χ0n) is 13.5. The number of carbonyl (C=O) groups is 1. The number of nitrogens with one attached hydrogen (secondary N) is 1. The highest BCUT2D eigenvalue weighted by atomic mass is 16.4. The smallest absolute Gasteiger partial charge is 0.327 e. The molecule has 4 aromatic rings. The molecule has 26 heavy (non-hydrogen) atoms. The van der Waals surface area contributed by atoms with Gasteiger partial charge in [-0.05, 0) is 12.1 Å². The summed E-state index contributed by atoms with van der Waals surface area (Å²) < 4.78 is 5.47. The largest absolute Gasteiger partial charge is 0.432 e. The van der Waals surface area contributed by atoms with E-state index in [9.17, 15) is 4.79 Å². The molecule has 0 fully saturated rings. The minimum Gasteiger partial charge on any atom is -0.432 e. The Morgan fingerprint density at radius 3 is 2.58 bits per heavy atom. The summed E-state index contributed by atoms with van der Waals surface area (Å²) in [6.45, 7) is 0. The van der Waals surface area contributed by atoms with E-state index in [1.54, 1.807) is 6.20 Å². The number of benzene rings is 2. The summed E-state index contributed by atoms with van der Waals surface area (Å²) in [7, 11) is 0. The van der Waals surface area contributed by atoms with Crippen molar-refractivity contribution in [3.8, 4) is 11.3 Å². The van der Waals surface area contributed by atoms with E-state index in [-0.39, 0.29) is 5.89 Å². The van der Waals surface area contributed by atoms with Gasteiger partial charge in [-0.2, -0.15) is 5.10 Å². The molecule has 0 saturated heterocycles. The maximum absolute atomic E-state index is 12.1. The van der Waals surface area contributed by atoms with Crippen molar-refractivity contribution in [2.45, 2.75) is 0 Å². The van der Waals surface area contributed by atoms with Gasteiger partial charge in [-0.1, -0.05) is 42.5 Å². The second-order valence-electron chi connectivity index (χ2n) is 5.38. The second kappa shape index (κ2) is 6.94. The van der Waals surface area contributed by atoms with Gasteiger partial charge in [0, 0.05) is 5.56 Å². The van der Waals surface area contributed by atoms with Crippen LogP contribution in [0.15, 0.2) is 76.5 Å². The van der Waals surface area contributed by atoms with Crippen molar-refractivity contribution >= 4 is 23.2 Å². The van der Waals surface area contributed by atoms with Crippen molar-refractivity contribution in [1.82, 2.24) is 20.4 Å². The van der Waals surface area contributed by atoms with Crippen LogP contribution in [0.1, 0.15) is 16.4 Å². The van der Waals surface area contributed by atoms with Crippen molar-refractivity contribution in [1.29, 1.82) is 0 Å². The highest BCUT2D eigenvalue weighted by molar-refractivity contribution is 5.91. The average Bonchev–Trinajstić information content (AvgIpc) is 3.19. The third-order valence-corrected chi connectivity index (χ3v) is 3.59. The van der Waals surface area contributed by atoms with Gasteiger partial charge in [0.05, 0.1) is 29.6 Å². The zero-order chi connectivity index (χ0) is 17.8. The molecule has 7 nitrogen and oxygen atoms in total. The summed E-state index contributed by atoms with van der Waals surface area (Å²) in [6.07, 6.45) is 4.50. The molecule has 0 bridgehead atoms. The highest BCUT2D eigenvalue weighted by Gasteiger charge is 2.13. The number of amides is 1. The van der Waals surface area contributed by atoms with Crippen LogP contribution >= 0.6 is 0 Å². The number of aromatic nitrogens is 3. The van der Waals surface area contributed by atoms with Gasteiger partial charge in [0.15, 0.2) is 5.76 Å². The highest BCUT2D eigenvalue weighted by Crippen LogP contribution is 2.19. The fourth-order valence-corrected chi connectivity index (χ4v) is 2.35. The molecular formula is C19H13N5O2. The lowest BCUT2D eigenvalue weighted by Crippen LogP contribution is -2.18. The Bertz CT molecular complexity index is 1090. The third-order valence-electron chi connectivity index (χ3n) is 3.59. The summed E-state index contributed by atoms with van der Waals surface area (Å²) in [5.41, 5.74) is 5.28. The average molecular weight is 343 g/mol. The van der Waals surface area contributed by atoms with Crippen LogP contribution in [0.3, 0.4) is 0 Å². The molecule has 0 radical (unpaired) electrons. The molecule has 0 aliphatic rings. The molecule has 126 valence electrons. The summed E-state index contributed by atoms with van der Waals surface area (Å²) in [5, 5.41) is 3.88. The van der Waals surface area contributed by atoms with Gasteiger partial charge >= 0.3 is 5.91 Å². The lowest BCUT2D eigenvalue weighted by Gasteiger charge is -1.98. The minimum absolute atomic E-state index is 0.0643. The van der Waals surface area contributed by atoms with Crippen LogP contribution in [-0.2, 0) is 0 Å². The van der Waals surface area contributed by atoms with E-state index in [0.29, 0.717) is 11.5 Å². The van der Waals surface area contributed by atoms with Crippen molar-refractivity contribution in [3.05, 3.63) is 78.6 Å². The molecule has 7 heteroatoms. The number of hydrogen-bond acceptors (Lipinski definition) is 6. The first-order chi connectivity index (χ1) is 12.8. The standard InChI is InChI=1S/C19H13N5O2/c25-18(19-21-12-17(26-19)13-6-2-1-3-7-13)24-22-11-14-10-20-15-8-4-5-9-16(15)23-14/h1-12H,(H,24,25). The van der Waals surface area contributed by atoms with Gasteiger partial charge in [-0.25, -0.2) is 15.4 Å². The van der Waals surface area contributed by atoms with E-state index >= 15 is 0 Å². The summed E-state index contributed by atoms with van der Waals surface area (Å²) in [6, 6.07) is 16.9. The number of oxazole rings is 1. The van der Waals surface area contributed by atoms with Crippen molar-refractivity contribution in [2.75, 3.05) is 0 Å². The quantitative estimate of drug-likeness (QED) is 0.454. The van der Waals surface area contributed by atoms with Crippen LogP contribution in [0.4, 0.5) is 0 Å². The summed E-state index contributed by atoms with van der Waals surface area (Å²) >= 11 is 0. The Morgan fingerprint density at radius 1 is 0.962 bits per heavy atom. The molecule has 1 amide bonds. The Morgan fingerprint density at radius 2 is 1.73 bits per heavy atom. The summed E-state index contributed by atoms with van der Waals surface area (Å²) in [5.74, 6) is -0.0945. The molecule has 0 spiro atoms. The van der Waals surface area contributed by atoms with Crippen LogP contribution in [0.2, 0.25) is 0 Å². The lowest BCUT2D eigenvalue weighted by atomic mass is 10.2. The van der Waals surface area contributed by atoms with Crippen LogP contribution in [0.5, 0.6) is 0 Å². The number of hydrogen-bond donors (Lipinski definition) is 1. The van der Waals surface area contributed by atoms with Crippen molar-refractivity contribution in [3.63, 3.8) is 0 Å². The van der Waals surface area contributed by atoms with Crippen LogP contribution in [0, 0.1) is 0 Å².